The van der Waals surface area contributed by atoms with Gasteiger partial charge in [0.15, 0.2) is 15.0 Å². The Bertz CT molecular complexity index is 1020. The zero-order chi connectivity index (χ0) is 20.4. The van der Waals surface area contributed by atoms with Crippen molar-refractivity contribution < 1.29 is 17.9 Å². The first-order valence-electron chi connectivity index (χ1n) is 9.40. The lowest BCUT2D eigenvalue weighted by Crippen LogP contribution is -2.39. The van der Waals surface area contributed by atoms with Crippen molar-refractivity contribution in [3.63, 3.8) is 0 Å². The standard InChI is InChI=1S/C21H22N2O4S2/c1-27-17-9-7-15(8-10-17)11-12-23-18-13-29(25,26)14-19(18)28-21(23)22-20(24)16-5-3-2-4-6-16/h2-10,18-19H,11-14H2,1H3/t18-,19-/m0/s1. The minimum Gasteiger partial charge on any atom is -0.497 e. The van der Waals surface area contributed by atoms with Crippen molar-refractivity contribution in [2.45, 2.75) is 17.7 Å². The molecule has 4 rings (SSSR count). The van der Waals surface area contributed by atoms with Gasteiger partial charge in [-0.2, -0.15) is 4.99 Å². The van der Waals surface area contributed by atoms with Gasteiger partial charge >= 0.3 is 0 Å². The van der Waals surface area contributed by atoms with Gasteiger partial charge in [-0.15, -0.1) is 0 Å². The summed E-state index contributed by atoms with van der Waals surface area (Å²) in [6.45, 7) is 0.608. The molecule has 0 radical (unpaired) electrons. The van der Waals surface area contributed by atoms with Crippen LogP contribution in [0, 0.1) is 0 Å². The Kier molecular flexibility index (Phi) is 5.65. The molecule has 0 N–H and O–H groups in total. The van der Waals surface area contributed by atoms with E-state index in [0.717, 1.165) is 17.7 Å². The number of aliphatic imine (C=N–C) groups is 1. The predicted octanol–water partition coefficient (Wildman–Crippen LogP) is 2.65. The number of amides is 1. The molecule has 0 aromatic heterocycles. The van der Waals surface area contributed by atoms with E-state index in [2.05, 4.69) is 4.99 Å². The summed E-state index contributed by atoms with van der Waals surface area (Å²) in [6, 6.07) is 16.6. The van der Waals surface area contributed by atoms with Crippen molar-refractivity contribution >= 4 is 32.7 Å². The number of hydrogen-bond donors (Lipinski definition) is 0. The van der Waals surface area contributed by atoms with E-state index in [9.17, 15) is 13.2 Å². The van der Waals surface area contributed by atoms with Gasteiger partial charge in [-0.25, -0.2) is 8.42 Å². The van der Waals surface area contributed by atoms with Crippen LogP contribution in [0.4, 0.5) is 0 Å². The Morgan fingerprint density at radius 3 is 2.55 bits per heavy atom. The second-order valence-corrected chi connectivity index (χ2v) is 10.5. The maximum Gasteiger partial charge on any atom is 0.279 e. The topological polar surface area (TPSA) is 76.0 Å². The van der Waals surface area contributed by atoms with E-state index in [-0.39, 0.29) is 28.7 Å². The fourth-order valence-corrected chi connectivity index (χ4v) is 7.65. The summed E-state index contributed by atoms with van der Waals surface area (Å²) in [7, 11) is -1.42. The van der Waals surface area contributed by atoms with Crippen LogP contribution in [0.25, 0.3) is 0 Å². The number of sulfone groups is 1. The van der Waals surface area contributed by atoms with E-state index < -0.39 is 9.84 Å². The summed E-state index contributed by atoms with van der Waals surface area (Å²) in [4.78, 5) is 18.9. The van der Waals surface area contributed by atoms with Crippen LogP contribution in [0.5, 0.6) is 5.75 Å². The van der Waals surface area contributed by atoms with Crippen molar-refractivity contribution in [2.24, 2.45) is 4.99 Å². The number of carbonyl (C=O) groups excluding carboxylic acids is 1. The van der Waals surface area contributed by atoms with Crippen LogP contribution in [0.1, 0.15) is 15.9 Å². The molecule has 2 heterocycles. The SMILES string of the molecule is COc1ccc(CCN2C(=NC(=O)c3ccccc3)S[C@H]3CS(=O)(=O)C[C@@H]32)cc1. The summed E-state index contributed by atoms with van der Waals surface area (Å²) < 4.78 is 29.4. The van der Waals surface area contributed by atoms with E-state index in [1.807, 2.05) is 35.2 Å². The number of carbonyl (C=O) groups is 1. The van der Waals surface area contributed by atoms with Crippen molar-refractivity contribution in [1.82, 2.24) is 4.90 Å². The second-order valence-electron chi connectivity index (χ2n) is 7.16. The molecule has 2 aliphatic heterocycles. The van der Waals surface area contributed by atoms with Gasteiger partial charge in [0, 0.05) is 17.4 Å². The fraction of sp³-hybridized carbons (Fsp3) is 0.333. The largest absolute Gasteiger partial charge is 0.497 e. The number of methoxy groups -OCH3 is 1. The van der Waals surface area contributed by atoms with Crippen LogP contribution in [0.2, 0.25) is 0 Å². The lowest BCUT2D eigenvalue weighted by Gasteiger charge is -2.24. The molecule has 0 saturated carbocycles. The molecule has 0 spiro atoms. The van der Waals surface area contributed by atoms with E-state index >= 15 is 0 Å². The quantitative estimate of drug-likeness (QED) is 0.726. The maximum atomic E-state index is 12.6. The molecule has 2 saturated heterocycles. The Balaban J connectivity index is 1.55. The van der Waals surface area contributed by atoms with Gasteiger partial charge < -0.3 is 9.64 Å². The molecule has 0 bridgehead atoms. The number of hydrogen-bond acceptors (Lipinski definition) is 5. The van der Waals surface area contributed by atoms with Crippen LogP contribution < -0.4 is 4.74 Å². The van der Waals surface area contributed by atoms with Gasteiger partial charge in [-0.1, -0.05) is 42.1 Å². The normalized spacial score (nSPS) is 23.9. The third kappa shape index (κ3) is 4.48. The second kappa shape index (κ2) is 8.20. The van der Waals surface area contributed by atoms with E-state index in [1.165, 1.54) is 11.8 Å². The zero-order valence-electron chi connectivity index (χ0n) is 16.0. The van der Waals surface area contributed by atoms with Crippen molar-refractivity contribution in [2.75, 3.05) is 25.2 Å². The first kappa shape index (κ1) is 20.0. The third-order valence-electron chi connectivity index (χ3n) is 5.19. The molecule has 2 fully saturated rings. The van der Waals surface area contributed by atoms with E-state index in [0.29, 0.717) is 17.3 Å². The summed E-state index contributed by atoms with van der Waals surface area (Å²) in [5, 5.41) is 0.551. The summed E-state index contributed by atoms with van der Waals surface area (Å²) >= 11 is 1.41. The molecule has 0 unspecified atom stereocenters. The Labute approximate surface area is 174 Å². The molecule has 2 atom stereocenters. The first-order valence-corrected chi connectivity index (χ1v) is 12.1. The monoisotopic (exact) mass is 430 g/mol. The molecule has 0 aliphatic carbocycles. The summed E-state index contributed by atoms with van der Waals surface area (Å²) in [5.41, 5.74) is 1.65. The molecule has 2 aromatic rings. The van der Waals surface area contributed by atoms with Crippen molar-refractivity contribution in [1.29, 1.82) is 0 Å². The number of ether oxygens (including phenoxy) is 1. The predicted molar refractivity (Wildman–Crippen MR) is 115 cm³/mol. The number of amidine groups is 1. The number of thioether (sulfide) groups is 1. The lowest BCUT2D eigenvalue weighted by molar-refractivity contribution is 0.100. The van der Waals surface area contributed by atoms with Gasteiger partial charge in [0.2, 0.25) is 0 Å². The highest BCUT2D eigenvalue weighted by Crippen LogP contribution is 2.38. The minimum absolute atomic E-state index is 0.0711. The fourth-order valence-electron chi connectivity index (χ4n) is 3.67. The highest BCUT2D eigenvalue weighted by Gasteiger charge is 2.48. The smallest absolute Gasteiger partial charge is 0.279 e. The molecule has 1 amide bonds. The number of nitrogens with zero attached hydrogens (tertiary/aromatic N) is 2. The molecule has 8 heteroatoms. The van der Waals surface area contributed by atoms with Crippen LogP contribution >= 0.6 is 11.8 Å². The van der Waals surface area contributed by atoms with Crippen molar-refractivity contribution in [3.05, 3.63) is 65.7 Å². The molecular weight excluding hydrogens is 408 g/mol. The average Bonchev–Trinajstić information content (AvgIpc) is 3.18. The molecule has 29 heavy (non-hydrogen) atoms. The lowest BCUT2D eigenvalue weighted by atomic mass is 10.1. The molecule has 6 nitrogen and oxygen atoms in total. The van der Waals surface area contributed by atoms with Gasteiger partial charge in [0.05, 0.1) is 24.7 Å². The number of fused-ring (bicyclic) bond motifs is 1. The molecule has 2 aromatic carbocycles. The minimum atomic E-state index is -3.05. The van der Waals surface area contributed by atoms with Gasteiger partial charge in [-0.05, 0) is 36.2 Å². The van der Waals surface area contributed by atoms with E-state index in [1.54, 1.807) is 31.4 Å². The third-order valence-corrected chi connectivity index (χ3v) is 8.44. The van der Waals surface area contributed by atoms with Gasteiger partial charge in [-0.3, -0.25) is 4.79 Å². The van der Waals surface area contributed by atoms with Gasteiger partial charge in [0.1, 0.15) is 5.75 Å². The molecule has 2 aliphatic rings. The highest BCUT2D eigenvalue weighted by atomic mass is 32.2. The zero-order valence-corrected chi connectivity index (χ0v) is 17.7. The molecule has 152 valence electrons. The number of rotatable bonds is 5. The summed E-state index contributed by atoms with van der Waals surface area (Å²) in [5.74, 6) is 0.750. The van der Waals surface area contributed by atoms with Crippen LogP contribution in [-0.2, 0) is 16.3 Å². The summed E-state index contributed by atoms with van der Waals surface area (Å²) in [6.07, 6.45) is 0.729. The first-order chi connectivity index (χ1) is 13.9. The van der Waals surface area contributed by atoms with E-state index in [4.69, 9.17) is 4.74 Å². The Morgan fingerprint density at radius 2 is 1.86 bits per heavy atom. The van der Waals surface area contributed by atoms with Crippen LogP contribution in [0.3, 0.4) is 0 Å². The Hall–Kier alpha value is -2.32. The van der Waals surface area contributed by atoms with Crippen LogP contribution in [0.15, 0.2) is 59.6 Å². The maximum absolute atomic E-state index is 12.6. The molecular formula is C21H22N2O4S2. The average molecular weight is 431 g/mol. The van der Waals surface area contributed by atoms with Crippen LogP contribution in [-0.4, -0.2) is 60.8 Å². The Morgan fingerprint density at radius 1 is 1.14 bits per heavy atom. The van der Waals surface area contributed by atoms with Crippen molar-refractivity contribution in [3.8, 4) is 5.75 Å². The van der Waals surface area contributed by atoms with Gasteiger partial charge in [0.25, 0.3) is 5.91 Å². The highest BCUT2D eigenvalue weighted by molar-refractivity contribution is 8.15. The number of benzene rings is 2.